The van der Waals surface area contributed by atoms with E-state index in [1.807, 2.05) is 0 Å². The molecule has 0 fully saturated rings. The molecule has 0 spiro atoms. The third-order valence-corrected chi connectivity index (χ3v) is 10.5. The molecular formula is C34H20Cl2F4N2O8S2. The van der Waals surface area contributed by atoms with Crippen molar-refractivity contribution in [2.24, 2.45) is 0 Å². The summed E-state index contributed by atoms with van der Waals surface area (Å²) in [6.07, 6.45) is 0.576. The molecule has 2 aliphatic carbocycles. The third kappa shape index (κ3) is 7.61. The Morgan fingerprint density at radius 2 is 1.00 bits per heavy atom. The van der Waals surface area contributed by atoms with Gasteiger partial charge >= 0.3 is 0 Å². The van der Waals surface area contributed by atoms with Gasteiger partial charge in [-0.15, -0.1) is 0 Å². The lowest BCUT2D eigenvalue weighted by Crippen LogP contribution is -2.23. The predicted octanol–water partition coefficient (Wildman–Crippen LogP) is 7.07. The number of Topliss-reactive ketones (excluding diaryl/α,β-unsaturated/α-hetero) is 2. The van der Waals surface area contributed by atoms with Crippen LogP contribution < -0.4 is 9.47 Å². The van der Waals surface area contributed by atoms with Crippen LogP contribution in [0.25, 0.3) is 0 Å². The van der Waals surface area contributed by atoms with Gasteiger partial charge in [-0.1, -0.05) is 23.2 Å². The van der Waals surface area contributed by atoms with Gasteiger partial charge in [-0.25, -0.2) is 34.4 Å². The largest absolute Gasteiger partial charge is 0.457 e. The van der Waals surface area contributed by atoms with Crippen molar-refractivity contribution in [3.63, 3.8) is 0 Å². The van der Waals surface area contributed by atoms with Crippen molar-refractivity contribution >= 4 is 54.4 Å². The number of halogens is 6. The molecule has 52 heavy (non-hydrogen) atoms. The first-order valence-corrected chi connectivity index (χ1v) is 18.9. The smallest absolute Gasteiger partial charge is 0.250 e. The van der Waals surface area contributed by atoms with E-state index in [0.29, 0.717) is 0 Å². The molecule has 0 radical (unpaired) electrons. The quantitative estimate of drug-likeness (QED) is 0.145. The lowest BCUT2D eigenvalue weighted by molar-refractivity contribution is 0.0847. The van der Waals surface area contributed by atoms with Crippen LogP contribution in [0.3, 0.4) is 0 Å². The second-order valence-corrected chi connectivity index (χ2v) is 16.7. The van der Waals surface area contributed by atoms with Gasteiger partial charge in [-0.3, -0.25) is 9.59 Å². The molecule has 18 heteroatoms. The van der Waals surface area contributed by atoms with Gasteiger partial charge in [0.1, 0.15) is 34.6 Å². The van der Waals surface area contributed by atoms with E-state index in [9.17, 15) is 44.0 Å². The first-order chi connectivity index (χ1) is 24.1. The molecule has 0 saturated heterocycles. The number of nitrogens with zero attached hydrogens (tertiary/aromatic N) is 2. The number of rotatable bonds is 6. The Kier molecular flexibility index (Phi) is 9.94. The van der Waals surface area contributed by atoms with Crippen LogP contribution in [0.4, 0.5) is 17.6 Å². The van der Waals surface area contributed by atoms with E-state index in [4.69, 9.17) is 43.2 Å². The molecule has 2 aliphatic rings. The minimum Gasteiger partial charge on any atom is -0.457 e. The summed E-state index contributed by atoms with van der Waals surface area (Å²) in [5.74, 6) is -4.00. The second kappa shape index (κ2) is 13.5. The molecule has 0 amide bonds. The summed E-state index contributed by atoms with van der Waals surface area (Å²) in [7, 11) is -7.65. The molecule has 2 atom stereocenters. The molecule has 0 N–H and O–H groups in total. The molecule has 0 heterocycles. The predicted molar refractivity (Wildman–Crippen MR) is 177 cm³/mol. The molecule has 2 unspecified atom stereocenters. The number of ether oxygens (including phenoxy) is 2. The van der Waals surface area contributed by atoms with E-state index >= 15 is 0 Å². The van der Waals surface area contributed by atoms with E-state index in [0.717, 1.165) is 48.9 Å². The summed E-state index contributed by atoms with van der Waals surface area (Å²) >= 11 is 11.2. The molecule has 0 bridgehead atoms. The highest BCUT2D eigenvalue weighted by molar-refractivity contribution is 7.91. The van der Waals surface area contributed by atoms with Crippen LogP contribution in [0.5, 0.6) is 23.0 Å². The normalized spacial score (nSPS) is 19.1. The van der Waals surface area contributed by atoms with Gasteiger partial charge in [0.15, 0.2) is 19.7 Å². The zero-order valence-electron chi connectivity index (χ0n) is 26.4. The third-order valence-electron chi connectivity index (χ3n) is 7.63. The number of fused-ring (bicyclic) bond motifs is 2. The Morgan fingerprint density at radius 3 is 1.31 bits per heavy atom. The summed E-state index contributed by atoms with van der Waals surface area (Å²) in [4.78, 5) is 23.7. The van der Waals surface area contributed by atoms with Crippen molar-refractivity contribution in [1.82, 2.24) is 0 Å². The fourth-order valence-electron chi connectivity index (χ4n) is 5.47. The first-order valence-electron chi connectivity index (χ1n) is 14.4. The number of carbonyl (C=O) groups is 2. The van der Waals surface area contributed by atoms with Crippen LogP contribution >= 0.6 is 23.2 Å². The number of benzene rings is 4. The maximum Gasteiger partial charge on any atom is 0.250 e. The zero-order chi connectivity index (χ0) is 38.6. The van der Waals surface area contributed by atoms with E-state index in [1.165, 1.54) is 24.3 Å². The monoisotopic (exact) mass is 794 g/mol. The Hall–Kier alpha value is -5.00. The van der Waals surface area contributed by atoms with Crippen LogP contribution in [0.15, 0.2) is 70.5 Å². The molecule has 4 aromatic carbocycles. The SMILES string of the molecule is CS(=O)(=O)c1ccc(Oc2cc(F)cc(C#N)c2)c2c1C(=O)C(F)(Cl)C2.CS(=O)(=O)c1ccc(Oc2cc(F)cc(C#N)c2)c2c1C(=O)C(F)(Cl)C2. The highest BCUT2D eigenvalue weighted by Crippen LogP contribution is 2.46. The fraction of sp³-hybridized carbons (Fsp3) is 0.176. The number of nitriles is 2. The maximum atomic E-state index is 14.3. The number of hydrogen-bond donors (Lipinski definition) is 0. The van der Waals surface area contributed by atoms with Crippen molar-refractivity contribution in [3.05, 3.63) is 106 Å². The van der Waals surface area contributed by atoms with Gasteiger partial charge < -0.3 is 9.47 Å². The summed E-state index contributed by atoms with van der Waals surface area (Å²) < 4.78 is 114. The van der Waals surface area contributed by atoms with Gasteiger partial charge in [0, 0.05) is 59.7 Å². The van der Waals surface area contributed by atoms with Crippen molar-refractivity contribution in [1.29, 1.82) is 10.5 Å². The number of alkyl halides is 4. The standard InChI is InChI=1S/2C17H10ClF2NO4S/c2*1-26(23,24)14-3-2-13(12-7-17(18,20)16(22)15(12)14)25-11-5-9(8-21)4-10(19)6-11/h2*2-6H,7H2,1H3. The number of ketones is 2. The first kappa shape index (κ1) is 38.2. The Labute approximate surface area is 303 Å². The average molecular weight is 796 g/mol. The summed E-state index contributed by atoms with van der Waals surface area (Å²) in [6.45, 7) is 0. The summed E-state index contributed by atoms with van der Waals surface area (Å²) in [6, 6.07) is 14.7. The molecule has 0 aromatic heterocycles. The fourth-order valence-corrected chi connectivity index (χ4v) is 7.73. The molecular weight excluding hydrogens is 775 g/mol. The van der Waals surface area contributed by atoms with Crippen molar-refractivity contribution in [3.8, 4) is 35.1 Å². The van der Waals surface area contributed by atoms with Crippen LogP contribution in [-0.4, -0.2) is 51.2 Å². The molecule has 4 aromatic rings. The Balaban J connectivity index is 0.000000201. The van der Waals surface area contributed by atoms with Crippen molar-refractivity contribution < 1.29 is 53.5 Å². The van der Waals surface area contributed by atoms with Gasteiger partial charge in [0.2, 0.25) is 21.8 Å². The van der Waals surface area contributed by atoms with Gasteiger partial charge in [-0.2, -0.15) is 10.5 Å². The van der Waals surface area contributed by atoms with Gasteiger partial charge in [0.05, 0.1) is 33.1 Å². The Morgan fingerprint density at radius 1 is 0.654 bits per heavy atom. The highest BCUT2D eigenvalue weighted by Gasteiger charge is 2.49. The number of hydrogen-bond acceptors (Lipinski definition) is 10. The highest BCUT2D eigenvalue weighted by atomic mass is 35.5. The van der Waals surface area contributed by atoms with E-state index < -0.39 is 66.0 Å². The number of carbonyl (C=O) groups excluding carboxylic acids is 2. The van der Waals surface area contributed by atoms with E-state index in [1.54, 1.807) is 12.1 Å². The van der Waals surface area contributed by atoms with Gasteiger partial charge in [-0.05, 0) is 48.5 Å². The molecule has 10 nitrogen and oxygen atoms in total. The zero-order valence-corrected chi connectivity index (χ0v) is 29.6. The lowest BCUT2D eigenvalue weighted by atomic mass is 10.1. The van der Waals surface area contributed by atoms with Crippen molar-refractivity contribution in [2.75, 3.05) is 12.5 Å². The van der Waals surface area contributed by atoms with E-state index in [2.05, 4.69) is 0 Å². The van der Waals surface area contributed by atoms with Crippen molar-refractivity contribution in [2.45, 2.75) is 32.9 Å². The topological polar surface area (TPSA) is 168 Å². The minimum absolute atomic E-state index is 0.00217. The van der Waals surface area contributed by atoms with Crippen LogP contribution in [0, 0.1) is 34.3 Å². The van der Waals surface area contributed by atoms with Gasteiger partial charge in [0.25, 0.3) is 0 Å². The minimum atomic E-state index is -3.82. The maximum absolute atomic E-state index is 14.3. The summed E-state index contributed by atoms with van der Waals surface area (Å²) in [5.41, 5.74) is -0.814. The summed E-state index contributed by atoms with van der Waals surface area (Å²) in [5, 5.41) is 12.2. The Bertz CT molecular complexity index is 2360. The van der Waals surface area contributed by atoms with Crippen LogP contribution in [0.1, 0.15) is 43.0 Å². The van der Waals surface area contributed by atoms with E-state index in [-0.39, 0.29) is 66.2 Å². The molecule has 268 valence electrons. The molecule has 6 rings (SSSR count). The van der Waals surface area contributed by atoms with Crippen LogP contribution in [-0.2, 0) is 32.5 Å². The molecule has 0 saturated carbocycles. The molecule has 0 aliphatic heterocycles. The van der Waals surface area contributed by atoms with Crippen LogP contribution in [0.2, 0.25) is 0 Å². The average Bonchev–Trinajstić information content (AvgIpc) is 3.43. The lowest BCUT2D eigenvalue weighted by Gasteiger charge is -2.12. The number of sulfone groups is 2. The second-order valence-electron chi connectivity index (χ2n) is 11.6.